The zero-order chi connectivity index (χ0) is 4.41. The number of hydrogen-bond acceptors (Lipinski definition) is 1. The summed E-state index contributed by atoms with van der Waals surface area (Å²) < 4.78 is 0.780. The summed E-state index contributed by atoms with van der Waals surface area (Å²) in [7, 11) is 0. The molecular weight excluding hydrogens is 176 g/mol. The van der Waals surface area contributed by atoms with Crippen LogP contribution in [0.25, 0.3) is 0 Å². The molecule has 1 heterocycles. The number of H-pyrrole nitrogens is 1. The van der Waals surface area contributed by atoms with Gasteiger partial charge < -0.3 is 4.98 Å². The molecule has 1 aromatic heterocycles. The first-order valence-electron chi connectivity index (χ1n) is 1.54. The molecule has 4 heteroatoms. The topological polar surface area (TPSA) is 28.7 Å². The van der Waals surface area contributed by atoms with Crippen molar-refractivity contribution in [3.63, 3.8) is 0 Å². The first-order chi connectivity index (χ1) is 2.89. The second-order valence-corrected chi connectivity index (χ2v) is 1.63. The predicted octanol–water partition coefficient (Wildman–Crippen LogP) is 1.82. The van der Waals surface area contributed by atoms with Crippen molar-refractivity contribution in [2.75, 3.05) is 0 Å². The average Bonchev–Trinajstić information content (AvgIpc) is 1.86. The van der Waals surface area contributed by atoms with Crippen LogP contribution in [0.3, 0.4) is 0 Å². The van der Waals surface area contributed by atoms with Crippen molar-refractivity contribution >= 4 is 29.4 Å². The Hall–Kier alpha value is 0.0400. The van der Waals surface area contributed by atoms with Crippen LogP contribution in [0.1, 0.15) is 0 Å². The molecule has 0 fully saturated rings. The van der Waals surface area contributed by atoms with E-state index in [1.165, 1.54) is 0 Å². The first kappa shape index (κ1) is 7.04. The summed E-state index contributed by atoms with van der Waals surface area (Å²) in [5.41, 5.74) is 0. The van der Waals surface area contributed by atoms with Gasteiger partial charge in [0, 0.05) is 25.9 Å². The highest BCUT2D eigenvalue weighted by Gasteiger charge is 1.76. The molecule has 7 heavy (non-hydrogen) atoms. The van der Waals surface area contributed by atoms with Gasteiger partial charge in [0.2, 0.25) is 0 Å². The summed E-state index contributed by atoms with van der Waals surface area (Å²) in [6.45, 7) is 0. The molecule has 0 amide bonds. The summed E-state index contributed by atoms with van der Waals surface area (Å²) in [4.78, 5) is 6.58. The molecule has 0 saturated heterocycles. The molecule has 0 spiro atoms. The third kappa shape index (κ3) is 1.99. The fraction of sp³-hybridized carbons (Fsp3) is 0. The maximum atomic E-state index is 3.78. The van der Waals surface area contributed by atoms with E-state index >= 15 is 0 Å². The Labute approximate surface area is 56.9 Å². The lowest BCUT2D eigenvalue weighted by molar-refractivity contribution is 1.24. The van der Waals surface area contributed by atoms with E-state index in [0.29, 0.717) is 0 Å². The van der Waals surface area contributed by atoms with Gasteiger partial charge in [0.1, 0.15) is 0 Å². The molecule has 0 aliphatic rings. The van der Waals surface area contributed by atoms with Gasteiger partial charge in [-0.3, -0.25) is 0 Å². The lowest BCUT2D eigenvalue weighted by atomic mass is 11.0. The molecule has 1 N–H and O–H groups in total. The third-order valence-corrected chi connectivity index (χ3v) is 0.899. The summed E-state index contributed by atoms with van der Waals surface area (Å²) in [5, 5.41) is 0. The van der Waals surface area contributed by atoms with E-state index in [1.807, 2.05) is 0 Å². The number of aromatic amines is 1. The highest BCUT2D eigenvalue weighted by molar-refractivity contribution is 9.10. The lowest BCUT2D eigenvalue weighted by Gasteiger charge is -1.65. The number of nitrogens with zero attached hydrogens (tertiary/aromatic N) is 1. The number of aromatic nitrogens is 2. The molecule has 0 atom stereocenters. The number of nitrogens with one attached hydrogen (secondary N) is 1. The van der Waals surface area contributed by atoms with Gasteiger partial charge in [0.05, 0.1) is 0 Å². The standard InChI is InChI=1S/C3H3BrN2.S/c4-3-5-1-2-6-3;/h1-2H,(H,5,6);. The van der Waals surface area contributed by atoms with E-state index in [1.54, 1.807) is 12.4 Å². The van der Waals surface area contributed by atoms with Crippen LogP contribution in [0.5, 0.6) is 0 Å². The van der Waals surface area contributed by atoms with E-state index in [0.717, 1.165) is 4.73 Å². The molecule has 38 valence electrons. The Bertz CT molecular complexity index is 116. The molecule has 0 aliphatic carbocycles. The van der Waals surface area contributed by atoms with Crippen LogP contribution < -0.4 is 0 Å². The zero-order valence-electron chi connectivity index (χ0n) is 3.39. The van der Waals surface area contributed by atoms with Crippen molar-refractivity contribution in [1.29, 1.82) is 0 Å². The van der Waals surface area contributed by atoms with Gasteiger partial charge in [0.25, 0.3) is 0 Å². The minimum atomic E-state index is 0. The lowest BCUT2D eigenvalue weighted by Crippen LogP contribution is -1.57. The highest BCUT2D eigenvalue weighted by atomic mass is 79.9. The highest BCUT2D eigenvalue weighted by Crippen LogP contribution is 1.95. The van der Waals surface area contributed by atoms with Crippen LogP contribution in [0, 0.1) is 0 Å². The summed E-state index contributed by atoms with van der Waals surface area (Å²) in [6.07, 6.45) is 3.44. The van der Waals surface area contributed by atoms with E-state index in [9.17, 15) is 0 Å². The van der Waals surface area contributed by atoms with Gasteiger partial charge in [-0.2, -0.15) is 0 Å². The second kappa shape index (κ2) is 3.10. The fourth-order valence-corrected chi connectivity index (χ4v) is 0.496. The Balaban J connectivity index is 0.000000360. The normalized spacial score (nSPS) is 7.57. The minimum Gasteiger partial charge on any atom is -0.339 e. The average molecular weight is 179 g/mol. The molecule has 0 aromatic carbocycles. The van der Waals surface area contributed by atoms with Crippen molar-refractivity contribution in [2.24, 2.45) is 0 Å². The van der Waals surface area contributed by atoms with Crippen LogP contribution in [0.4, 0.5) is 0 Å². The van der Waals surface area contributed by atoms with Crippen molar-refractivity contribution < 1.29 is 0 Å². The Morgan fingerprint density at radius 3 is 2.57 bits per heavy atom. The van der Waals surface area contributed by atoms with Crippen LogP contribution in [0.2, 0.25) is 0 Å². The number of imidazole rings is 1. The first-order valence-corrected chi connectivity index (χ1v) is 2.34. The molecule has 1 aromatic rings. The molecule has 2 radical (unpaired) electrons. The Kier molecular flexibility index (Phi) is 3.11. The molecule has 0 aliphatic heterocycles. The predicted molar refractivity (Wildman–Crippen MR) is 33.9 cm³/mol. The van der Waals surface area contributed by atoms with Crippen LogP contribution in [0.15, 0.2) is 17.1 Å². The van der Waals surface area contributed by atoms with E-state index < -0.39 is 0 Å². The minimum absolute atomic E-state index is 0. The van der Waals surface area contributed by atoms with Gasteiger partial charge >= 0.3 is 0 Å². The van der Waals surface area contributed by atoms with E-state index in [-0.39, 0.29) is 13.5 Å². The number of hydrogen-bond donors (Lipinski definition) is 1. The van der Waals surface area contributed by atoms with Gasteiger partial charge in [-0.1, -0.05) is 0 Å². The molecular formula is C3H3BrN2S. The van der Waals surface area contributed by atoms with E-state index in [4.69, 9.17) is 0 Å². The van der Waals surface area contributed by atoms with Crippen molar-refractivity contribution in [1.82, 2.24) is 9.97 Å². The molecule has 0 saturated carbocycles. The molecule has 1 rings (SSSR count). The van der Waals surface area contributed by atoms with Gasteiger partial charge in [-0.15, -0.1) is 0 Å². The monoisotopic (exact) mass is 178 g/mol. The fourth-order valence-electron chi connectivity index (χ4n) is 0.246. The SMILES string of the molecule is Brc1ncc[nH]1.[S]. The maximum Gasteiger partial charge on any atom is 0.174 e. The largest absolute Gasteiger partial charge is 0.339 e. The number of halogens is 1. The summed E-state index contributed by atoms with van der Waals surface area (Å²) in [5.74, 6) is 0. The van der Waals surface area contributed by atoms with E-state index in [2.05, 4.69) is 25.9 Å². The second-order valence-electron chi connectivity index (χ2n) is 0.880. The maximum absolute atomic E-state index is 3.78. The quantitative estimate of drug-likeness (QED) is 0.646. The van der Waals surface area contributed by atoms with Gasteiger partial charge in [-0.05, 0) is 15.9 Å². The summed E-state index contributed by atoms with van der Waals surface area (Å²) in [6, 6.07) is 0. The Morgan fingerprint density at radius 2 is 2.43 bits per heavy atom. The smallest absolute Gasteiger partial charge is 0.174 e. The zero-order valence-corrected chi connectivity index (χ0v) is 5.79. The van der Waals surface area contributed by atoms with Crippen molar-refractivity contribution in [2.45, 2.75) is 0 Å². The van der Waals surface area contributed by atoms with Crippen molar-refractivity contribution in [3.8, 4) is 0 Å². The molecule has 0 bridgehead atoms. The Morgan fingerprint density at radius 1 is 1.71 bits per heavy atom. The number of rotatable bonds is 0. The van der Waals surface area contributed by atoms with Crippen LogP contribution in [-0.2, 0) is 0 Å². The van der Waals surface area contributed by atoms with Gasteiger partial charge in [0.15, 0.2) is 4.73 Å². The van der Waals surface area contributed by atoms with Crippen LogP contribution >= 0.6 is 29.4 Å². The summed E-state index contributed by atoms with van der Waals surface area (Å²) >= 11 is 3.11. The van der Waals surface area contributed by atoms with Crippen LogP contribution in [-0.4, -0.2) is 9.97 Å². The van der Waals surface area contributed by atoms with Crippen molar-refractivity contribution in [3.05, 3.63) is 17.1 Å². The molecule has 2 nitrogen and oxygen atoms in total. The van der Waals surface area contributed by atoms with Gasteiger partial charge in [-0.25, -0.2) is 4.98 Å². The molecule has 0 unspecified atom stereocenters. The third-order valence-electron chi connectivity index (χ3n) is 0.465.